The van der Waals surface area contributed by atoms with E-state index in [2.05, 4.69) is 488 Å². The van der Waals surface area contributed by atoms with Gasteiger partial charge in [0.05, 0.1) is 5.69 Å². The van der Waals surface area contributed by atoms with E-state index in [0.717, 1.165) is 73.4 Å². The van der Waals surface area contributed by atoms with E-state index < -0.39 is 0 Å². The number of hydrogen-bond acceptors (Lipinski definition) is 3. The Morgan fingerprint density at radius 1 is 0.167 bits per heavy atom. The van der Waals surface area contributed by atoms with Crippen LogP contribution in [-0.2, 0) is 0 Å². The summed E-state index contributed by atoms with van der Waals surface area (Å²) >= 11 is 0. The molecule has 25 rings (SSSR count). The fourth-order valence-corrected chi connectivity index (χ4v) is 21.2. The maximum Gasteiger partial charge on any atom is 0.252 e. The number of fused-ring (bicyclic) bond motifs is 12. The van der Waals surface area contributed by atoms with Crippen LogP contribution in [0.1, 0.15) is 0 Å². The van der Waals surface area contributed by atoms with Crippen LogP contribution in [-0.4, -0.2) is 6.71 Å². The Bertz CT molecular complexity index is 7860. The Labute approximate surface area is 732 Å². The first-order valence-electron chi connectivity index (χ1n) is 43.7. The maximum absolute atomic E-state index is 2.61. The Morgan fingerprint density at radius 3 is 0.730 bits per heavy atom. The van der Waals surface area contributed by atoms with Gasteiger partial charge in [-0.1, -0.05) is 400 Å². The molecule has 0 aromatic heterocycles. The molecule has 23 aromatic rings. The second-order valence-corrected chi connectivity index (χ2v) is 33.6. The quantitative estimate of drug-likeness (QED) is 0.107. The van der Waals surface area contributed by atoms with Gasteiger partial charge < -0.3 is 14.7 Å². The van der Waals surface area contributed by atoms with Crippen molar-refractivity contribution in [3.05, 3.63) is 473 Å². The van der Waals surface area contributed by atoms with Crippen LogP contribution < -0.4 is 31.1 Å². The van der Waals surface area contributed by atoms with Gasteiger partial charge in [0.25, 0.3) is 6.71 Å². The lowest BCUT2D eigenvalue weighted by molar-refractivity contribution is 1.23. The Hall–Kier alpha value is -16.4. The summed E-state index contributed by atoms with van der Waals surface area (Å²) in [5, 5.41) is 19.4. The monoisotopic (exact) mass is 1600 g/mol. The van der Waals surface area contributed by atoms with Gasteiger partial charge in [-0.3, -0.25) is 0 Å². The normalized spacial score (nSPS) is 12.2. The van der Waals surface area contributed by atoms with Crippen LogP contribution in [0.3, 0.4) is 0 Å². The summed E-state index contributed by atoms with van der Waals surface area (Å²) in [6.45, 7) is -0.341. The van der Waals surface area contributed by atoms with E-state index >= 15 is 0 Å². The number of rotatable bonds is 13. The van der Waals surface area contributed by atoms with Crippen LogP contribution in [0.2, 0.25) is 0 Å². The molecule has 584 valence electrons. The van der Waals surface area contributed by atoms with Crippen molar-refractivity contribution < 1.29 is 0 Å². The number of nitrogens with zero attached hydrogens (tertiary/aromatic N) is 3. The number of benzene rings is 23. The van der Waals surface area contributed by atoms with Crippen molar-refractivity contribution in [3.63, 3.8) is 0 Å². The summed E-state index contributed by atoms with van der Waals surface area (Å²) in [5.74, 6) is 0. The van der Waals surface area contributed by atoms with Crippen LogP contribution in [0.5, 0.6) is 0 Å². The molecule has 0 amide bonds. The van der Waals surface area contributed by atoms with Crippen molar-refractivity contribution in [2.24, 2.45) is 0 Å². The van der Waals surface area contributed by atoms with E-state index in [1.807, 2.05) is 0 Å². The summed E-state index contributed by atoms with van der Waals surface area (Å²) in [6.07, 6.45) is 0. The summed E-state index contributed by atoms with van der Waals surface area (Å²) < 4.78 is 0. The number of anilines is 9. The van der Waals surface area contributed by atoms with Crippen LogP contribution in [0, 0.1) is 0 Å². The molecular formula is C122H78BN3. The third-order valence-electron chi connectivity index (χ3n) is 26.8. The second-order valence-electron chi connectivity index (χ2n) is 33.6. The zero-order valence-electron chi connectivity index (χ0n) is 69.0. The highest BCUT2D eigenvalue weighted by atomic mass is 15.2. The Morgan fingerprint density at radius 2 is 0.421 bits per heavy atom. The average Bonchev–Trinajstić information content (AvgIpc) is 0.689. The first-order valence-corrected chi connectivity index (χ1v) is 43.7. The van der Waals surface area contributed by atoms with E-state index in [4.69, 9.17) is 0 Å². The third kappa shape index (κ3) is 11.8. The van der Waals surface area contributed by atoms with Crippen molar-refractivity contribution >= 4 is 160 Å². The first kappa shape index (κ1) is 72.4. The zero-order valence-corrected chi connectivity index (χ0v) is 69.0. The minimum Gasteiger partial charge on any atom is -0.311 e. The van der Waals surface area contributed by atoms with Gasteiger partial charge in [-0.15, -0.1) is 0 Å². The molecule has 23 aromatic carbocycles. The number of hydrogen-bond donors (Lipinski definition) is 0. The minimum absolute atomic E-state index is 0.341. The molecule has 0 unspecified atom stereocenters. The Kier molecular flexibility index (Phi) is 17.1. The molecule has 2 aliphatic rings. The molecule has 0 fully saturated rings. The van der Waals surface area contributed by atoms with Crippen molar-refractivity contribution in [3.8, 4) is 89.0 Å². The summed E-state index contributed by atoms with van der Waals surface area (Å²) in [5.41, 5.74) is 32.0. The molecule has 2 heterocycles. The van der Waals surface area contributed by atoms with Crippen LogP contribution in [0.15, 0.2) is 473 Å². The highest BCUT2D eigenvalue weighted by molar-refractivity contribution is 7.00. The van der Waals surface area contributed by atoms with Gasteiger partial charge in [-0.2, -0.15) is 0 Å². The molecule has 0 aliphatic carbocycles. The van der Waals surface area contributed by atoms with Gasteiger partial charge in [0.1, 0.15) is 0 Å². The molecule has 0 spiro atoms. The topological polar surface area (TPSA) is 9.72 Å². The maximum atomic E-state index is 2.61. The summed E-state index contributed by atoms with van der Waals surface area (Å²) in [7, 11) is 0. The second kappa shape index (κ2) is 29.7. The van der Waals surface area contributed by atoms with Crippen LogP contribution in [0.4, 0.5) is 51.2 Å². The van der Waals surface area contributed by atoms with Gasteiger partial charge in [-0.05, 0) is 264 Å². The van der Waals surface area contributed by atoms with E-state index in [9.17, 15) is 0 Å². The van der Waals surface area contributed by atoms with Crippen molar-refractivity contribution in [2.45, 2.75) is 0 Å². The van der Waals surface area contributed by atoms with E-state index in [1.165, 1.54) is 169 Å². The van der Waals surface area contributed by atoms with Gasteiger partial charge in [0.15, 0.2) is 0 Å². The third-order valence-corrected chi connectivity index (χ3v) is 26.8. The molecule has 0 saturated carbocycles. The fraction of sp³-hybridized carbons (Fsp3) is 0. The molecule has 2 aliphatic heterocycles. The molecule has 4 heteroatoms. The predicted octanol–water partition coefficient (Wildman–Crippen LogP) is 31.8. The molecule has 0 N–H and O–H groups in total. The first-order chi connectivity index (χ1) is 62.5. The van der Waals surface area contributed by atoms with Crippen molar-refractivity contribution in [2.75, 3.05) is 14.7 Å². The van der Waals surface area contributed by atoms with Gasteiger partial charge in [0.2, 0.25) is 0 Å². The average molecular weight is 1600 g/mol. The SMILES string of the molecule is c1ccc(N(c2ccccc2)c2cc3c4c(c2)N(c2ccc(-c5ccc6ccccc6c5-c5cccc6ccccc56)cc2)c2ccc(-c5ccc6ccccc6c5-c5cccc6ccccc56)cc2B4c2cc(-c4ccc5ccccc5c4-c4cccc5ccccc45)ccc2N3c2ccc(-c3ccc4ccccc4c3-c3cccc4ccccc34)cc2)cc1. The lowest BCUT2D eigenvalue weighted by Gasteiger charge is -2.45. The fourth-order valence-electron chi connectivity index (χ4n) is 21.2. The highest BCUT2D eigenvalue weighted by Crippen LogP contribution is 2.53. The van der Waals surface area contributed by atoms with Crippen LogP contribution >= 0.6 is 0 Å². The van der Waals surface area contributed by atoms with Crippen LogP contribution in [0.25, 0.3) is 175 Å². The van der Waals surface area contributed by atoms with Crippen molar-refractivity contribution in [1.29, 1.82) is 0 Å². The van der Waals surface area contributed by atoms with Crippen molar-refractivity contribution in [1.82, 2.24) is 0 Å². The number of para-hydroxylation sites is 2. The van der Waals surface area contributed by atoms with Gasteiger partial charge in [0, 0.05) is 45.5 Å². The minimum atomic E-state index is -0.341. The zero-order chi connectivity index (χ0) is 82.9. The molecule has 0 bridgehead atoms. The molecule has 0 atom stereocenters. The molecule has 0 saturated heterocycles. The predicted molar refractivity (Wildman–Crippen MR) is 539 cm³/mol. The standard InChI is InChI=1S/C122H78BN3/c1-3-39-91(40-4-1)124(92-41-5-2-6-42-92)95-77-116-122-117(78-95)126(94-67-57-88(58-68-94)105-70-60-84-32-12-20-48-101(84)119(105)109-52-24-36-80-28-8-16-44-97(80)109)115-74-64-90(107-72-62-86-34-14-22-50-103(86)121(107)111-54-26-38-82-30-10-18-46-99(82)111)76-113(115)123(122)112-75-89(106-71-61-85-33-13-21-49-102(85)120(106)110-53-25-37-81-29-9-17-45-98(81)110)63-73-114(112)125(116)93-65-55-87(56-66-93)104-69-59-83-31-11-19-47-100(83)118(104)108-51-23-35-79-27-7-15-43-96(79)108/h1-78H. The smallest absolute Gasteiger partial charge is 0.252 e. The van der Waals surface area contributed by atoms with E-state index in [1.54, 1.807) is 0 Å². The Balaban J connectivity index is 0.782. The summed E-state index contributed by atoms with van der Waals surface area (Å²) in [4.78, 5) is 7.68. The van der Waals surface area contributed by atoms with Gasteiger partial charge >= 0.3 is 0 Å². The summed E-state index contributed by atoms with van der Waals surface area (Å²) in [6, 6.07) is 178. The van der Waals surface area contributed by atoms with E-state index in [-0.39, 0.29) is 6.71 Å². The molecule has 0 radical (unpaired) electrons. The highest BCUT2D eigenvalue weighted by Gasteiger charge is 2.45. The lowest BCUT2D eigenvalue weighted by Crippen LogP contribution is -2.61. The molecule has 126 heavy (non-hydrogen) atoms. The lowest BCUT2D eigenvalue weighted by atomic mass is 9.33. The van der Waals surface area contributed by atoms with Gasteiger partial charge in [-0.25, -0.2) is 0 Å². The molecule has 3 nitrogen and oxygen atoms in total. The largest absolute Gasteiger partial charge is 0.311 e. The molecular weight excluding hydrogens is 1520 g/mol. The van der Waals surface area contributed by atoms with E-state index in [0.29, 0.717) is 0 Å².